The van der Waals surface area contributed by atoms with Crippen molar-refractivity contribution in [1.82, 2.24) is 5.32 Å². The van der Waals surface area contributed by atoms with Gasteiger partial charge in [0.2, 0.25) is 0 Å². The number of fused-ring (bicyclic) bond motifs is 1. The number of carbonyl (C=O) groups is 1. The van der Waals surface area contributed by atoms with Gasteiger partial charge in [0.05, 0.1) is 12.5 Å². The Kier molecular flexibility index (Phi) is 6.71. The molecular weight excluding hydrogens is 422 g/mol. The highest BCUT2D eigenvalue weighted by Gasteiger charge is 2.29. The van der Waals surface area contributed by atoms with Crippen LogP contribution in [0.15, 0.2) is 84.9 Å². The van der Waals surface area contributed by atoms with Crippen LogP contribution in [-0.2, 0) is 16.8 Å². The number of benzene rings is 4. The summed E-state index contributed by atoms with van der Waals surface area (Å²) in [5.41, 5.74) is 4.29. The van der Waals surface area contributed by atoms with Gasteiger partial charge >= 0.3 is 5.97 Å². The zero-order valence-electron chi connectivity index (χ0n) is 20.1. The molecule has 34 heavy (non-hydrogen) atoms. The quantitative estimate of drug-likeness (QED) is 0.311. The molecule has 0 heterocycles. The molecular formula is C30H31NO3. The SMILES string of the molecule is COc1cccc([C@@H](C)NCc2cc(-c3cccc(C(C)(C)C(=O)O)c3)c3ccccc3c2)c1. The first-order chi connectivity index (χ1) is 16.3. The van der Waals surface area contributed by atoms with Crippen LogP contribution < -0.4 is 10.1 Å². The molecule has 4 heteroatoms. The standard InChI is InChI=1S/C30H31NO3/c1-20(22-10-8-13-26(18-22)34-4)31-19-21-15-23-9-5-6-14-27(23)28(16-21)24-11-7-12-25(17-24)30(2,3)29(32)33/h5-18,20,31H,19H2,1-4H3,(H,32,33)/t20-/m1/s1. The second-order valence-electron chi connectivity index (χ2n) is 9.25. The van der Waals surface area contributed by atoms with Crippen LogP contribution in [0.4, 0.5) is 0 Å². The minimum atomic E-state index is -0.961. The van der Waals surface area contributed by atoms with Crippen LogP contribution in [0.1, 0.15) is 43.5 Å². The van der Waals surface area contributed by atoms with Gasteiger partial charge in [0, 0.05) is 12.6 Å². The fraction of sp³-hybridized carbons (Fsp3) is 0.233. The molecule has 4 aromatic carbocycles. The third kappa shape index (κ3) is 4.82. The average Bonchev–Trinajstić information content (AvgIpc) is 2.86. The van der Waals surface area contributed by atoms with E-state index in [-0.39, 0.29) is 6.04 Å². The lowest BCUT2D eigenvalue weighted by Gasteiger charge is -2.21. The Morgan fingerprint density at radius 1 is 0.971 bits per heavy atom. The highest BCUT2D eigenvalue weighted by Crippen LogP contribution is 2.33. The summed E-state index contributed by atoms with van der Waals surface area (Å²) in [5, 5.41) is 15.6. The van der Waals surface area contributed by atoms with Crippen molar-refractivity contribution in [3.8, 4) is 16.9 Å². The van der Waals surface area contributed by atoms with Crippen LogP contribution in [0.3, 0.4) is 0 Å². The molecule has 4 rings (SSSR count). The minimum Gasteiger partial charge on any atom is -0.497 e. The molecule has 0 unspecified atom stereocenters. The van der Waals surface area contributed by atoms with Crippen molar-refractivity contribution in [3.05, 3.63) is 102 Å². The fourth-order valence-corrected chi connectivity index (χ4v) is 4.21. The van der Waals surface area contributed by atoms with Gasteiger partial charge in [-0.25, -0.2) is 0 Å². The predicted molar refractivity (Wildman–Crippen MR) is 138 cm³/mol. The summed E-state index contributed by atoms with van der Waals surface area (Å²) in [4.78, 5) is 11.8. The second-order valence-corrected chi connectivity index (χ2v) is 9.25. The third-order valence-electron chi connectivity index (χ3n) is 6.56. The zero-order valence-corrected chi connectivity index (χ0v) is 20.1. The maximum atomic E-state index is 11.8. The van der Waals surface area contributed by atoms with E-state index in [9.17, 15) is 9.90 Å². The lowest BCUT2D eigenvalue weighted by molar-refractivity contribution is -0.142. The monoisotopic (exact) mass is 453 g/mol. The zero-order chi connectivity index (χ0) is 24.3. The van der Waals surface area contributed by atoms with E-state index in [2.05, 4.69) is 54.7 Å². The van der Waals surface area contributed by atoms with Crippen LogP contribution in [-0.4, -0.2) is 18.2 Å². The number of nitrogens with one attached hydrogen (secondary N) is 1. The van der Waals surface area contributed by atoms with Gasteiger partial charge < -0.3 is 15.2 Å². The Morgan fingerprint density at radius 3 is 2.50 bits per heavy atom. The Hall–Kier alpha value is -3.63. The number of hydrogen-bond acceptors (Lipinski definition) is 3. The average molecular weight is 454 g/mol. The molecule has 0 spiro atoms. The third-order valence-corrected chi connectivity index (χ3v) is 6.56. The molecule has 0 aliphatic rings. The fourth-order valence-electron chi connectivity index (χ4n) is 4.21. The van der Waals surface area contributed by atoms with Crippen molar-refractivity contribution in [2.75, 3.05) is 7.11 Å². The first-order valence-electron chi connectivity index (χ1n) is 11.5. The molecule has 0 aromatic heterocycles. The van der Waals surface area contributed by atoms with Crippen LogP contribution >= 0.6 is 0 Å². The topological polar surface area (TPSA) is 58.6 Å². The van der Waals surface area contributed by atoms with Gasteiger partial charge in [0.25, 0.3) is 0 Å². The van der Waals surface area contributed by atoms with Gasteiger partial charge in [-0.2, -0.15) is 0 Å². The number of rotatable bonds is 8. The smallest absolute Gasteiger partial charge is 0.313 e. The van der Waals surface area contributed by atoms with E-state index in [0.717, 1.165) is 33.2 Å². The summed E-state index contributed by atoms with van der Waals surface area (Å²) in [7, 11) is 1.68. The molecule has 0 aliphatic carbocycles. The molecule has 4 nitrogen and oxygen atoms in total. The van der Waals surface area contributed by atoms with Gasteiger partial charge in [-0.3, -0.25) is 4.79 Å². The van der Waals surface area contributed by atoms with Crippen LogP contribution in [0.25, 0.3) is 21.9 Å². The van der Waals surface area contributed by atoms with E-state index >= 15 is 0 Å². The molecule has 2 N–H and O–H groups in total. The maximum Gasteiger partial charge on any atom is 0.313 e. The highest BCUT2D eigenvalue weighted by atomic mass is 16.5. The van der Waals surface area contributed by atoms with E-state index in [1.165, 1.54) is 11.1 Å². The van der Waals surface area contributed by atoms with Crippen molar-refractivity contribution < 1.29 is 14.6 Å². The van der Waals surface area contributed by atoms with E-state index in [1.54, 1.807) is 21.0 Å². The van der Waals surface area contributed by atoms with Crippen molar-refractivity contribution in [1.29, 1.82) is 0 Å². The van der Waals surface area contributed by atoms with Crippen molar-refractivity contribution in [2.24, 2.45) is 0 Å². The normalized spacial score (nSPS) is 12.5. The Balaban J connectivity index is 1.68. The van der Waals surface area contributed by atoms with Crippen molar-refractivity contribution >= 4 is 16.7 Å². The minimum absolute atomic E-state index is 0.157. The molecule has 0 radical (unpaired) electrons. The second kappa shape index (κ2) is 9.70. The summed E-state index contributed by atoms with van der Waals surface area (Å²) in [6, 6.07) is 28.9. The van der Waals surface area contributed by atoms with Crippen LogP contribution in [0, 0.1) is 0 Å². The summed E-state index contributed by atoms with van der Waals surface area (Å²) < 4.78 is 5.36. The number of aliphatic carboxylic acids is 1. The van der Waals surface area contributed by atoms with Gasteiger partial charge in [-0.1, -0.05) is 60.7 Å². The Labute approximate surface area is 201 Å². The van der Waals surface area contributed by atoms with Gasteiger partial charge in [0.1, 0.15) is 5.75 Å². The van der Waals surface area contributed by atoms with Crippen molar-refractivity contribution in [2.45, 2.75) is 38.8 Å². The number of hydrogen-bond donors (Lipinski definition) is 2. The summed E-state index contributed by atoms with van der Waals surface area (Å²) in [5.74, 6) is 0.0160. The number of methoxy groups -OCH3 is 1. The molecule has 0 saturated carbocycles. The molecule has 4 aromatic rings. The number of carboxylic acid groups (broad SMARTS) is 1. The van der Waals surface area contributed by atoms with Gasteiger partial charge in [-0.15, -0.1) is 0 Å². The molecule has 0 saturated heterocycles. The Morgan fingerprint density at radius 2 is 1.74 bits per heavy atom. The number of carboxylic acids is 1. The molecule has 0 amide bonds. The summed E-state index contributed by atoms with van der Waals surface area (Å²) in [6.07, 6.45) is 0. The van der Waals surface area contributed by atoms with Gasteiger partial charge in [0.15, 0.2) is 0 Å². The summed E-state index contributed by atoms with van der Waals surface area (Å²) >= 11 is 0. The van der Waals surface area contributed by atoms with Gasteiger partial charge in [-0.05, 0) is 83.6 Å². The summed E-state index contributed by atoms with van der Waals surface area (Å²) in [6.45, 7) is 6.34. The molecule has 0 fully saturated rings. The van der Waals surface area contributed by atoms with E-state index in [0.29, 0.717) is 6.54 Å². The van der Waals surface area contributed by atoms with E-state index in [1.807, 2.05) is 42.5 Å². The first-order valence-corrected chi connectivity index (χ1v) is 11.5. The molecule has 0 aliphatic heterocycles. The first kappa shape index (κ1) is 23.5. The molecule has 174 valence electrons. The van der Waals surface area contributed by atoms with Crippen LogP contribution in [0.5, 0.6) is 5.75 Å². The lowest BCUT2D eigenvalue weighted by atomic mass is 9.83. The van der Waals surface area contributed by atoms with Crippen LogP contribution in [0.2, 0.25) is 0 Å². The lowest BCUT2D eigenvalue weighted by Crippen LogP contribution is -2.28. The van der Waals surface area contributed by atoms with E-state index in [4.69, 9.17) is 4.74 Å². The number of ether oxygens (including phenoxy) is 1. The predicted octanol–water partition coefficient (Wildman–Crippen LogP) is 6.73. The Bertz CT molecular complexity index is 1330. The molecule has 1 atom stereocenters. The van der Waals surface area contributed by atoms with Crippen molar-refractivity contribution in [3.63, 3.8) is 0 Å². The van der Waals surface area contributed by atoms with E-state index < -0.39 is 11.4 Å². The maximum absolute atomic E-state index is 11.8. The largest absolute Gasteiger partial charge is 0.497 e. The molecule has 0 bridgehead atoms. The highest BCUT2D eigenvalue weighted by molar-refractivity contribution is 5.97.